The van der Waals surface area contributed by atoms with Crippen molar-refractivity contribution in [2.24, 2.45) is 0 Å². The van der Waals surface area contributed by atoms with E-state index in [1.54, 1.807) is 36.9 Å². The van der Waals surface area contributed by atoms with Crippen LogP contribution in [-0.2, 0) is 4.79 Å². The van der Waals surface area contributed by atoms with Crippen LogP contribution in [0.4, 0.5) is 0 Å². The number of nitrogens with zero attached hydrogens (tertiary/aromatic N) is 1. The van der Waals surface area contributed by atoms with Crippen LogP contribution in [-0.4, -0.2) is 40.8 Å². The van der Waals surface area contributed by atoms with Gasteiger partial charge in [-0.15, -0.1) is 0 Å². The van der Waals surface area contributed by atoms with Gasteiger partial charge in [0.1, 0.15) is 6.04 Å². The van der Waals surface area contributed by atoms with Gasteiger partial charge in [0.25, 0.3) is 5.91 Å². The minimum atomic E-state index is -0.901. The number of aliphatic hydroxyl groups excluding tert-OH is 1. The van der Waals surface area contributed by atoms with E-state index in [1.807, 2.05) is 13.0 Å². The Bertz CT molecular complexity index is 661. The zero-order chi connectivity index (χ0) is 16.2. The van der Waals surface area contributed by atoms with Crippen LogP contribution < -0.4 is 5.32 Å². The van der Waals surface area contributed by atoms with Gasteiger partial charge in [0.05, 0.1) is 0 Å². The molecule has 0 spiro atoms. The molecule has 0 saturated heterocycles. The van der Waals surface area contributed by atoms with E-state index in [0.717, 1.165) is 23.6 Å². The maximum Gasteiger partial charge on any atom is 0.326 e. The molecule has 0 fully saturated rings. The lowest BCUT2D eigenvalue weighted by molar-refractivity contribution is -0.140. The predicted molar refractivity (Wildman–Crippen MR) is 80.6 cm³/mol. The van der Waals surface area contributed by atoms with Crippen molar-refractivity contribution in [3.05, 3.63) is 35.5 Å². The van der Waals surface area contributed by atoms with Crippen molar-refractivity contribution in [3.8, 4) is 0 Å². The second kappa shape index (κ2) is 6.90. The first-order chi connectivity index (χ1) is 9.95. The molecule has 0 aliphatic carbocycles. The van der Waals surface area contributed by atoms with E-state index in [2.05, 4.69) is 5.32 Å². The molecule has 1 aromatic carbocycles. The second-order valence-electron chi connectivity index (χ2n) is 4.54. The van der Waals surface area contributed by atoms with Crippen molar-refractivity contribution in [2.75, 3.05) is 14.2 Å². The number of rotatable bonds is 3. The zero-order valence-corrected chi connectivity index (χ0v) is 12.5. The molecule has 1 unspecified atom stereocenters. The maximum absolute atomic E-state index is 11.6. The molecule has 3 N–H and O–H groups in total. The van der Waals surface area contributed by atoms with E-state index in [1.165, 1.54) is 0 Å². The third-order valence-electron chi connectivity index (χ3n) is 3.30. The molecule has 114 valence electrons. The predicted octanol–water partition coefficient (Wildman–Crippen LogP) is 1.56. The van der Waals surface area contributed by atoms with Gasteiger partial charge >= 0.3 is 5.97 Å². The third-order valence-corrected chi connectivity index (χ3v) is 3.30. The van der Waals surface area contributed by atoms with E-state index in [0.29, 0.717) is 5.56 Å². The van der Waals surface area contributed by atoms with Gasteiger partial charge in [0.2, 0.25) is 0 Å². The smallest absolute Gasteiger partial charge is 0.326 e. The fourth-order valence-electron chi connectivity index (χ4n) is 2.15. The van der Waals surface area contributed by atoms with Crippen LogP contribution in [0.15, 0.2) is 24.4 Å². The van der Waals surface area contributed by atoms with Gasteiger partial charge in [0, 0.05) is 36.8 Å². The van der Waals surface area contributed by atoms with Gasteiger partial charge < -0.3 is 20.1 Å². The Kier molecular flexibility index (Phi) is 5.49. The average molecular weight is 292 g/mol. The number of fused-ring (bicyclic) bond motifs is 1. The summed E-state index contributed by atoms with van der Waals surface area (Å²) in [6.07, 6.45) is 1.80. The Morgan fingerprint density at radius 2 is 1.90 bits per heavy atom. The minimum absolute atomic E-state index is 0.185. The van der Waals surface area contributed by atoms with Crippen LogP contribution in [0.3, 0.4) is 0 Å². The number of nitrogens with one attached hydrogen (secondary N) is 1. The molecule has 0 saturated carbocycles. The highest BCUT2D eigenvalue weighted by atomic mass is 16.4. The van der Waals surface area contributed by atoms with Crippen molar-refractivity contribution in [2.45, 2.75) is 19.9 Å². The summed E-state index contributed by atoms with van der Waals surface area (Å²) >= 11 is 0. The van der Waals surface area contributed by atoms with Crippen molar-refractivity contribution in [1.29, 1.82) is 0 Å². The van der Waals surface area contributed by atoms with Crippen LogP contribution in [0.2, 0.25) is 0 Å². The van der Waals surface area contributed by atoms with Crippen LogP contribution in [0.5, 0.6) is 0 Å². The molecule has 0 radical (unpaired) electrons. The van der Waals surface area contributed by atoms with E-state index in [-0.39, 0.29) is 5.91 Å². The lowest BCUT2D eigenvalue weighted by Gasteiger charge is -2.10. The number of aryl methyl sites for hydroxylation is 1. The number of carboxylic acids is 1. The lowest BCUT2D eigenvalue weighted by Crippen LogP contribution is -2.18. The maximum atomic E-state index is 11.6. The summed E-state index contributed by atoms with van der Waals surface area (Å²) in [5, 5.41) is 19.6. The Balaban J connectivity index is 0.00000106. The quantitative estimate of drug-likeness (QED) is 0.800. The second-order valence-corrected chi connectivity index (χ2v) is 4.54. The van der Waals surface area contributed by atoms with E-state index in [9.17, 15) is 9.59 Å². The van der Waals surface area contributed by atoms with Crippen LogP contribution >= 0.6 is 0 Å². The third kappa shape index (κ3) is 3.22. The topological polar surface area (TPSA) is 91.6 Å². The molecule has 1 aromatic heterocycles. The number of aliphatic carboxylic acids is 1. The molecule has 2 aromatic rings. The minimum Gasteiger partial charge on any atom is -0.480 e. The Morgan fingerprint density at radius 1 is 1.29 bits per heavy atom. The summed E-state index contributed by atoms with van der Waals surface area (Å²) in [6, 6.07) is 4.64. The van der Waals surface area contributed by atoms with E-state index >= 15 is 0 Å². The zero-order valence-electron chi connectivity index (χ0n) is 12.5. The molecule has 1 heterocycles. The molecule has 0 aliphatic rings. The van der Waals surface area contributed by atoms with E-state index in [4.69, 9.17) is 10.2 Å². The number of carbonyl (C=O) groups excluding carboxylic acids is 1. The molecular weight excluding hydrogens is 272 g/mol. The lowest BCUT2D eigenvalue weighted by atomic mass is 10.1. The van der Waals surface area contributed by atoms with Crippen molar-refractivity contribution < 1.29 is 19.8 Å². The van der Waals surface area contributed by atoms with Gasteiger partial charge in [-0.3, -0.25) is 4.79 Å². The summed E-state index contributed by atoms with van der Waals surface area (Å²) in [6.45, 7) is 3.54. The molecule has 2 rings (SSSR count). The number of aliphatic hydroxyl groups is 1. The summed E-state index contributed by atoms with van der Waals surface area (Å²) in [5.41, 5.74) is 2.27. The van der Waals surface area contributed by atoms with Crippen molar-refractivity contribution in [1.82, 2.24) is 9.88 Å². The van der Waals surface area contributed by atoms with Gasteiger partial charge in [-0.05, 0) is 31.5 Å². The molecule has 0 bridgehead atoms. The first kappa shape index (κ1) is 16.7. The van der Waals surface area contributed by atoms with Crippen LogP contribution in [0, 0.1) is 6.92 Å². The molecule has 21 heavy (non-hydrogen) atoms. The Morgan fingerprint density at radius 3 is 2.43 bits per heavy atom. The number of hydrogen-bond donors (Lipinski definition) is 3. The van der Waals surface area contributed by atoms with Gasteiger partial charge in [0.15, 0.2) is 0 Å². The fourth-order valence-corrected chi connectivity index (χ4v) is 2.15. The monoisotopic (exact) mass is 292 g/mol. The molecule has 6 heteroatoms. The highest BCUT2D eigenvalue weighted by Gasteiger charge is 2.17. The molecule has 1 atom stereocenters. The highest BCUT2D eigenvalue weighted by molar-refractivity contribution is 5.98. The number of aromatic nitrogens is 1. The Hall–Kier alpha value is -2.34. The highest BCUT2D eigenvalue weighted by Crippen LogP contribution is 2.25. The summed E-state index contributed by atoms with van der Waals surface area (Å²) in [5.74, 6) is -1.09. The van der Waals surface area contributed by atoms with Gasteiger partial charge in [-0.2, -0.15) is 0 Å². The first-order valence-electron chi connectivity index (χ1n) is 6.46. The Labute approximate surface area is 123 Å². The van der Waals surface area contributed by atoms with Crippen LogP contribution in [0.1, 0.15) is 28.9 Å². The number of carbonyl (C=O) groups is 2. The molecular formula is C15H20N2O4. The number of hydrogen-bond acceptors (Lipinski definition) is 3. The molecule has 1 amide bonds. The SMILES string of the molecule is CNC(=O)c1ccc2c(C)cn(C(C)C(=O)O)c2c1.CO. The van der Waals surface area contributed by atoms with Crippen molar-refractivity contribution in [3.63, 3.8) is 0 Å². The summed E-state index contributed by atoms with van der Waals surface area (Å²) in [7, 11) is 2.57. The van der Waals surface area contributed by atoms with Gasteiger partial charge in [-0.1, -0.05) is 6.07 Å². The summed E-state index contributed by atoms with van der Waals surface area (Å²) in [4.78, 5) is 22.8. The van der Waals surface area contributed by atoms with Crippen LogP contribution in [0.25, 0.3) is 10.9 Å². The number of carboxylic acid groups (broad SMARTS) is 1. The molecule has 6 nitrogen and oxygen atoms in total. The largest absolute Gasteiger partial charge is 0.480 e. The normalized spacial score (nSPS) is 11.5. The van der Waals surface area contributed by atoms with Crippen molar-refractivity contribution >= 4 is 22.8 Å². The molecule has 0 aliphatic heterocycles. The number of benzene rings is 1. The fraction of sp³-hybridized carbons (Fsp3) is 0.333. The first-order valence-corrected chi connectivity index (χ1v) is 6.46. The van der Waals surface area contributed by atoms with Gasteiger partial charge in [-0.25, -0.2) is 4.79 Å². The summed E-state index contributed by atoms with van der Waals surface area (Å²) < 4.78 is 1.68. The standard InChI is InChI=1S/C14H16N2O3.CH4O/c1-8-7-16(9(2)14(18)19)12-6-10(13(17)15-3)4-5-11(8)12;1-2/h4-7,9H,1-3H3,(H,15,17)(H,18,19);2H,1H3. The number of amides is 1. The van der Waals surface area contributed by atoms with E-state index < -0.39 is 12.0 Å². The average Bonchev–Trinajstić information content (AvgIpc) is 2.84.